The number of hydrogen-bond donors (Lipinski definition) is 0. The maximum absolute atomic E-state index is 12.7. The Labute approximate surface area is 160 Å². The van der Waals surface area contributed by atoms with E-state index in [2.05, 4.69) is 17.2 Å². The summed E-state index contributed by atoms with van der Waals surface area (Å²) in [6.07, 6.45) is -2.28. The van der Waals surface area contributed by atoms with E-state index in [9.17, 15) is 18.0 Å². The number of carbonyl (C=O) groups is 1. The van der Waals surface area contributed by atoms with Crippen LogP contribution in [0.15, 0.2) is 66.9 Å². The molecule has 0 bridgehead atoms. The summed E-state index contributed by atoms with van der Waals surface area (Å²) in [7, 11) is 0. The van der Waals surface area contributed by atoms with Gasteiger partial charge in [-0.15, -0.1) is 0 Å². The lowest BCUT2D eigenvalue weighted by atomic mass is 9.91. The fourth-order valence-corrected chi connectivity index (χ4v) is 3.37. The molecule has 1 saturated heterocycles. The lowest BCUT2D eigenvalue weighted by Gasteiger charge is -2.39. The van der Waals surface area contributed by atoms with E-state index in [1.807, 2.05) is 18.2 Å². The highest BCUT2D eigenvalue weighted by molar-refractivity contribution is 5.94. The Morgan fingerprint density at radius 2 is 1.68 bits per heavy atom. The zero-order chi connectivity index (χ0) is 19.7. The molecule has 0 radical (unpaired) electrons. The molecule has 2 heterocycles. The molecule has 1 fully saturated rings. The maximum atomic E-state index is 12.7. The number of likely N-dealkylation sites (tertiary alicyclic amines) is 1. The first kappa shape index (κ1) is 18.3. The van der Waals surface area contributed by atoms with Crippen molar-refractivity contribution in [2.24, 2.45) is 5.92 Å². The van der Waals surface area contributed by atoms with Crippen molar-refractivity contribution in [2.75, 3.05) is 13.1 Å². The van der Waals surface area contributed by atoms with Gasteiger partial charge in [-0.25, -0.2) is 4.68 Å². The van der Waals surface area contributed by atoms with Crippen LogP contribution in [0, 0.1) is 5.92 Å². The molecule has 0 unspecified atom stereocenters. The summed E-state index contributed by atoms with van der Waals surface area (Å²) in [5.74, 6) is 0.391. The average Bonchev–Trinajstić information content (AvgIpc) is 3.15. The second-order valence-electron chi connectivity index (χ2n) is 6.96. The first-order valence-electron chi connectivity index (χ1n) is 8.96. The molecular weight excluding hydrogens is 367 g/mol. The van der Waals surface area contributed by atoms with E-state index in [-0.39, 0.29) is 5.91 Å². The van der Waals surface area contributed by atoms with Crippen LogP contribution in [0.25, 0.3) is 5.69 Å². The van der Waals surface area contributed by atoms with E-state index in [1.165, 1.54) is 11.8 Å². The summed E-state index contributed by atoms with van der Waals surface area (Å²) in [6, 6.07) is 17.5. The van der Waals surface area contributed by atoms with Crippen LogP contribution in [-0.4, -0.2) is 33.7 Å². The number of alkyl halides is 3. The number of hydrogen-bond acceptors (Lipinski definition) is 2. The molecule has 0 saturated carbocycles. The van der Waals surface area contributed by atoms with Crippen molar-refractivity contribution >= 4 is 5.91 Å². The molecule has 0 spiro atoms. The predicted molar refractivity (Wildman–Crippen MR) is 98.1 cm³/mol. The van der Waals surface area contributed by atoms with Crippen molar-refractivity contribution in [3.63, 3.8) is 0 Å². The molecule has 1 aliphatic heterocycles. The molecule has 3 aromatic rings. The number of carbonyl (C=O) groups excluding carboxylic acids is 1. The Balaban J connectivity index is 1.37. The van der Waals surface area contributed by atoms with Gasteiger partial charge in [0.25, 0.3) is 5.91 Å². The largest absolute Gasteiger partial charge is 0.435 e. The van der Waals surface area contributed by atoms with Gasteiger partial charge in [-0.1, -0.05) is 30.3 Å². The highest BCUT2D eigenvalue weighted by Gasteiger charge is 2.34. The zero-order valence-electron chi connectivity index (χ0n) is 14.9. The van der Waals surface area contributed by atoms with Crippen LogP contribution >= 0.6 is 0 Å². The third-order valence-corrected chi connectivity index (χ3v) is 4.87. The molecule has 0 aliphatic carbocycles. The van der Waals surface area contributed by atoms with Crippen molar-refractivity contribution in [2.45, 2.75) is 12.6 Å². The first-order chi connectivity index (χ1) is 13.4. The fourth-order valence-electron chi connectivity index (χ4n) is 3.37. The normalized spacial score (nSPS) is 14.8. The third kappa shape index (κ3) is 3.78. The smallest absolute Gasteiger partial charge is 0.338 e. The summed E-state index contributed by atoms with van der Waals surface area (Å²) >= 11 is 0. The second-order valence-corrected chi connectivity index (χ2v) is 6.96. The maximum Gasteiger partial charge on any atom is 0.435 e. The highest BCUT2D eigenvalue weighted by atomic mass is 19.4. The molecule has 1 aliphatic rings. The molecule has 28 heavy (non-hydrogen) atoms. The van der Waals surface area contributed by atoms with Crippen LogP contribution in [0.1, 0.15) is 21.6 Å². The van der Waals surface area contributed by atoms with Crippen molar-refractivity contribution in [3.8, 4) is 5.69 Å². The van der Waals surface area contributed by atoms with Gasteiger partial charge in [-0.2, -0.15) is 18.3 Å². The Kier molecular flexibility index (Phi) is 4.66. The predicted octanol–water partition coefficient (Wildman–Crippen LogP) is 4.21. The van der Waals surface area contributed by atoms with Crippen LogP contribution in [0.3, 0.4) is 0 Å². The Morgan fingerprint density at radius 1 is 1.00 bits per heavy atom. The van der Waals surface area contributed by atoms with Gasteiger partial charge in [-0.3, -0.25) is 4.79 Å². The summed E-state index contributed by atoms with van der Waals surface area (Å²) in [6.45, 7) is 1.42. The van der Waals surface area contributed by atoms with Crippen LogP contribution in [-0.2, 0) is 12.6 Å². The molecule has 1 aromatic heterocycles. The lowest BCUT2D eigenvalue weighted by molar-refractivity contribution is -0.141. The average molecular weight is 385 g/mol. The Hall–Kier alpha value is -3.09. The Morgan fingerprint density at radius 3 is 2.29 bits per heavy atom. The minimum atomic E-state index is -4.48. The summed E-state index contributed by atoms with van der Waals surface area (Å²) in [4.78, 5) is 14.4. The third-order valence-electron chi connectivity index (χ3n) is 4.87. The van der Waals surface area contributed by atoms with Gasteiger partial charge in [-0.05, 0) is 48.2 Å². The number of aromatic nitrogens is 2. The zero-order valence-corrected chi connectivity index (χ0v) is 14.9. The van der Waals surface area contributed by atoms with Gasteiger partial charge in [0.2, 0.25) is 0 Å². The standard InChI is InChI=1S/C21H18F3N3O/c22-21(23,24)19-10-11-27(25-19)18-8-6-17(7-9-18)20(28)26-13-16(14-26)12-15-4-2-1-3-5-15/h1-11,16H,12-14H2. The molecule has 1 amide bonds. The molecule has 0 atom stereocenters. The molecule has 0 N–H and O–H groups in total. The molecule has 4 rings (SSSR count). The number of halogens is 3. The van der Waals surface area contributed by atoms with E-state index < -0.39 is 11.9 Å². The molecule has 144 valence electrons. The van der Waals surface area contributed by atoms with Crippen molar-refractivity contribution in [1.29, 1.82) is 0 Å². The Bertz CT molecular complexity index is 959. The number of rotatable bonds is 4. The first-order valence-corrected chi connectivity index (χ1v) is 8.96. The SMILES string of the molecule is O=C(c1ccc(-n2ccc(C(F)(F)F)n2)cc1)N1CC(Cc2ccccc2)C1. The van der Waals surface area contributed by atoms with Crippen LogP contribution < -0.4 is 0 Å². The second kappa shape index (κ2) is 7.14. The van der Waals surface area contributed by atoms with Gasteiger partial charge >= 0.3 is 6.18 Å². The quantitative estimate of drug-likeness (QED) is 0.675. The fraction of sp³-hybridized carbons (Fsp3) is 0.238. The van der Waals surface area contributed by atoms with Gasteiger partial charge in [0.15, 0.2) is 5.69 Å². The van der Waals surface area contributed by atoms with Crippen molar-refractivity contribution in [3.05, 3.63) is 83.7 Å². The number of nitrogens with zero attached hydrogens (tertiary/aromatic N) is 3. The van der Waals surface area contributed by atoms with Gasteiger partial charge in [0.05, 0.1) is 5.69 Å². The number of benzene rings is 2. The summed E-state index contributed by atoms with van der Waals surface area (Å²) in [5, 5.41) is 3.53. The molecule has 4 nitrogen and oxygen atoms in total. The van der Waals surface area contributed by atoms with Crippen LogP contribution in [0.5, 0.6) is 0 Å². The lowest BCUT2D eigenvalue weighted by Crippen LogP contribution is -2.50. The van der Waals surface area contributed by atoms with Crippen molar-refractivity contribution < 1.29 is 18.0 Å². The van der Waals surface area contributed by atoms with E-state index in [4.69, 9.17) is 0 Å². The minimum Gasteiger partial charge on any atom is -0.338 e. The van der Waals surface area contributed by atoms with E-state index >= 15 is 0 Å². The van der Waals surface area contributed by atoms with Crippen molar-refractivity contribution in [1.82, 2.24) is 14.7 Å². The van der Waals surface area contributed by atoms with E-state index in [0.29, 0.717) is 30.3 Å². The topological polar surface area (TPSA) is 38.1 Å². The molecule has 2 aromatic carbocycles. The van der Waals surface area contributed by atoms with E-state index in [1.54, 1.807) is 29.2 Å². The van der Waals surface area contributed by atoms with Gasteiger partial charge in [0.1, 0.15) is 0 Å². The van der Waals surface area contributed by atoms with Gasteiger partial charge < -0.3 is 4.90 Å². The summed E-state index contributed by atoms with van der Waals surface area (Å²) in [5.41, 5.74) is 1.31. The van der Waals surface area contributed by atoms with Crippen LogP contribution in [0.4, 0.5) is 13.2 Å². The minimum absolute atomic E-state index is 0.0627. The monoisotopic (exact) mass is 385 g/mol. The van der Waals surface area contributed by atoms with E-state index in [0.717, 1.165) is 17.2 Å². The van der Waals surface area contributed by atoms with Crippen LogP contribution in [0.2, 0.25) is 0 Å². The molecule has 7 heteroatoms. The summed E-state index contributed by atoms with van der Waals surface area (Å²) < 4.78 is 39.1. The van der Waals surface area contributed by atoms with Gasteiger partial charge in [0, 0.05) is 24.8 Å². The molecular formula is C21H18F3N3O. The highest BCUT2D eigenvalue weighted by Crippen LogP contribution is 2.28. The number of amides is 1.